The van der Waals surface area contributed by atoms with E-state index < -0.39 is 11.7 Å². The summed E-state index contributed by atoms with van der Waals surface area (Å²) in [5.41, 5.74) is -1.02. The van der Waals surface area contributed by atoms with Gasteiger partial charge in [-0.2, -0.15) is 13.2 Å². The summed E-state index contributed by atoms with van der Waals surface area (Å²) < 4.78 is 40.0. The Balaban J connectivity index is 3.01. The molecule has 2 aromatic rings. The fraction of sp³-hybridized carbons (Fsp3) is 0.143. The molecular formula is C14H10ClF3N2. The number of nitrogens with zero attached hydrogens (tertiary/aromatic N) is 2. The predicted octanol–water partition coefficient (Wildman–Crippen LogP) is 4.81. The molecule has 2 aromatic carbocycles. The molecule has 0 N–H and O–H groups in total. The monoisotopic (exact) mass is 298 g/mol. The number of halogens is 4. The van der Waals surface area contributed by atoms with Crippen molar-refractivity contribution in [3.05, 3.63) is 41.5 Å². The Labute approximate surface area is 118 Å². The molecule has 2 nitrogen and oxygen atoms in total. The molecule has 0 aliphatic heterocycles. The van der Waals surface area contributed by atoms with Gasteiger partial charge < -0.3 is 0 Å². The molecule has 0 saturated heterocycles. The van der Waals surface area contributed by atoms with E-state index in [2.05, 4.69) is 16.7 Å². The molecule has 0 unspecified atom stereocenters. The van der Waals surface area contributed by atoms with Crippen molar-refractivity contribution in [2.75, 3.05) is 7.05 Å². The molecule has 0 saturated carbocycles. The summed E-state index contributed by atoms with van der Waals surface area (Å²) in [6, 6.07) is 7.71. The zero-order valence-electron chi connectivity index (χ0n) is 10.5. The molecule has 0 aliphatic carbocycles. The van der Waals surface area contributed by atoms with Gasteiger partial charge in [-0.15, -0.1) is 0 Å². The molecule has 2 rings (SSSR count). The maximum Gasteiger partial charge on any atom is 0.419 e. The Morgan fingerprint density at radius 3 is 2.45 bits per heavy atom. The number of hydrogen-bond donors (Lipinski definition) is 0. The lowest BCUT2D eigenvalue weighted by Gasteiger charge is -2.16. The Morgan fingerprint density at radius 2 is 1.90 bits per heavy atom. The smallest absolute Gasteiger partial charge is 0.276 e. The van der Waals surface area contributed by atoms with Crippen LogP contribution < -0.4 is 0 Å². The fourth-order valence-electron chi connectivity index (χ4n) is 2.07. The molecule has 0 bridgehead atoms. The van der Waals surface area contributed by atoms with E-state index in [1.54, 1.807) is 18.2 Å². The van der Waals surface area contributed by atoms with Gasteiger partial charge in [-0.1, -0.05) is 35.9 Å². The lowest BCUT2D eigenvalue weighted by atomic mass is 9.98. The SMILES string of the molecule is C=Nc1c(C(Cl)=NC)cc2ccccc2c1C(F)(F)F. The van der Waals surface area contributed by atoms with Crippen LogP contribution in [0.5, 0.6) is 0 Å². The highest BCUT2D eigenvalue weighted by molar-refractivity contribution is 6.70. The summed E-state index contributed by atoms with van der Waals surface area (Å²) >= 11 is 5.89. The van der Waals surface area contributed by atoms with Crippen molar-refractivity contribution in [2.45, 2.75) is 6.18 Å². The van der Waals surface area contributed by atoms with Gasteiger partial charge in [0.2, 0.25) is 0 Å². The van der Waals surface area contributed by atoms with Gasteiger partial charge in [-0.05, 0) is 23.6 Å². The molecule has 0 aliphatic rings. The van der Waals surface area contributed by atoms with Crippen LogP contribution in [0.15, 0.2) is 40.3 Å². The van der Waals surface area contributed by atoms with Crippen LogP contribution in [0.25, 0.3) is 10.8 Å². The summed E-state index contributed by atoms with van der Waals surface area (Å²) in [4.78, 5) is 7.25. The van der Waals surface area contributed by atoms with Gasteiger partial charge in [-0.3, -0.25) is 9.98 Å². The van der Waals surface area contributed by atoms with Gasteiger partial charge in [0.25, 0.3) is 0 Å². The maximum atomic E-state index is 13.3. The molecule has 0 spiro atoms. The zero-order valence-corrected chi connectivity index (χ0v) is 11.3. The molecule has 20 heavy (non-hydrogen) atoms. The minimum absolute atomic E-state index is 0.0383. The van der Waals surface area contributed by atoms with E-state index >= 15 is 0 Å². The molecule has 0 amide bonds. The summed E-state index contributed by atoms with van der Waals surface area (Å²) in [5, 5.41) is 0.444. The standard InChI is InChI=1S/C14H10ClF3N2/c1-19-12-10(13(15)20-2)7-8-5-3-4-6-9(8)11(12)14(16,17)18/h3-7H,1H2,2H3. The van der Waals surface area contributed by atoms with E-state index in [1.807, 2.05) is 0 Å². The Kier molecular flexibility index (Phi) is 3.81. The molecule has 0 atom stereocenters. The number of benzene rings is 2. The van der Waals surface area contributed by atoms with E-state index in [0.29, 0.717) is 5.39 Å². The minimum atomic E-state index is -4.56. The van der Waals surface area contributed by atoms with Gasteiger partial charge >= 0.3 is 6.18 Å². The second-order valence-electron chi connectivity index (χ2n) is 4.04. The normalized spacial score (nSPS) is 12.8. The van der Waals surface area contributed by atoms with Crippen molar-refractivity contribution in [1.82, 2.24) is 0 Å². The number of hydrogen-bond acceptors (Lipinski definition) is 2. The second-order valence-corrected chi connectivity index (χ2v) is 4.40. The third kappa shape index (κ3) is 2.41. The molecule has 0 fully saturated rings. The Morgan fingerprint density at radius 1 is 1.25 bits per heavy atom. The highest BCUT2D eigenvalue weighted by Crippen LogP contribution is 2.43. The van der Waals surface area contributed by atoms with Crippen LogP contribution in [0.3, 0.4) is 0 Å². The van der Waals surface area contributed by atoms with Crippen molar-refractivity contribution in [2.24, 2.45) is 9.98 Å². The van der Waals surface area contributed by atoms with Gasteiger partial charge in [0.15, 0.2) is 0 Å². The summed E-state index contributed by atoms with van der Waals surface area (Å²) in [7, 11) is 1.40. The van der Waals surface area contributed by atoms with Gasteiger partial charge in [-0.25, -0.2) is 0 Å². The van der Waals surface area contributed by atoms with Crippen LogP contribution in [-0.2, 0) is 6.18 Å². The van der Waals surface area contributed by atoms with Crippen LogP contribution in [0, 0.1) is 0 Å². The van der Waals surface area contributed by atoms with Crippen LogP contribution in [-0.4, -0.2) is 18.9 Å². The summed E-state index contributed by atoms with van der Waals surface area (Å²) in [6.45, 7) is 3.23. The molecule has 0 heterocycles. The highest BCUT2D eigenvalue weighted by Gasteiger charge is 2.37. The molecular weight excluding hydrogens is 289 g/mol. The topological polar surface area (TPSA) is 24.7 Å². The quantitative estimate of drug-likeness (QED) is 0.711. The van der Waals surface area contributed by atoms with Crippen molar-refractivity contribution in [1.29, 1.82) is 0 Å². The third-order valence-electron chi connectivity index (χ3n) is 2.88. The Hall–Kier alpha value is -1.88. The summed E-state index contributed by atoms with van der Waals surface area (Å²) in [6.07, 6.45) is -4.56. The van der Waals surface area contributed by atoms with Crippen molar-refractivity contribution >= 4 is 39.9 Å². The van der Waals surface area contributed by atoms with E-state index in [0.717, 1.165) is 0 Å². The first-order chi connectivity index (χ1) is 9.40. The van der Waals surface area contributed by atoms with Crippen molar-refractivity contribution in [3.8, 4) is 0 Å². The first-order valence-electron chi connectivity index (χ1n) is 5.62. The second kappa shape index (κ2) is 5.25. The third-order valence-corrected chi connectivity index (χ3v) is 3.25. The lowest BCUT2D eigenvalue weighted by Crippen LogP contribution is -2.09. The Bertz CT molecular complexity index is 705. The fourth-order valence-corrected chi connectivity index (χ4v) is 2.21. The summed E-state index contributed by atoms with van der Waals surface area (Å²) in [5.74, 6) is 0. The average molecular weight is 299 g/mol. The molecule has 104 valence electrons. The molecule has 0 aromatic heterocycles. The van der Waals surface area contributed by atoms with Crippen molar-refractivity contribution in [3.63, 3.8) is 0 Å². The molecule has 6 heteroatoms. The van der Waals surface area contributed by atoms with Gasteiger partial charge in [0.1, 0.15) is 5.17 Å². The number of alkyl halides is 3. The van der Waals surface area contributed by atoms with Crippen LogP contribution in [0.1, 0.15) is 11.1 Å². The van der Waals surface area contributed by atoms with Crippen LogP contribution in [0.2, 0.25) is 0 Å². The number of aliphatic imine (C=N–C) groups is 2. The van der Waals surface area contributed by atoms with Crippen LogP contribution in [0.4, 0.5) is 18.9 Å². The van der Waals surface area contributed by atoms with E-state index in [4.69, 9.17) is 11.6 Å². The van der Waals surface area contributed by atoms with Gasteiger partial charge in [0, 0.05) is 12.6 Å². The average Bonchev–Trinajstić information content (AvgIpc) is 2.43. The van der Waals surface area contributed by atoms with Crippen molar-refractivity contribution < 1.29 is 13.2 Å². The molecule has 0 radical (unpaired) electrons. The maximum absolute atomic E-state index is 13.3. The largest absolute Gasteiger partial charge is 0.419 e. The van der Waals surface area contributed by atoms with E-state index in [-0.39, 0.29) is 21.8 Å². The van der Waals surface area contributed by atoms with Gasteiger partial charge in [0.05, 0.1) is 11.3 Å². The highest BCUT2D eigenvalue weighted by atomic mass is 35.5. The first kappa shape index (κ1) is 14.5. The minimum Gasteiger partial charge on any atom is -0.276 e. The number of rotatable bonds is 2. The van der Waals surface area contributed by atoms with Crippen LogP contribution >= 0.6 is 11.6 Å². The van der Waals surface area contributed by atoms with E-state index in [9.17, 15) is 13.2 Å². The predicted molar refractivity (Wildman–Crippen MR) is 76.5 cm³/mol. The lowest BCUT2D eigenvalue weighted by molar-refractivity contribution is -0.135. The number of fused-ring (bicyclic) bond motifs is 1. The zero-order chi connectivity index (χ0) is 14.9. The van der Waals surface area contributed by atoms with E-state index in [1.165, 1.54) is 19.2 Å². The first-order valence-corrected chi connectivity index (χ1v) is 6.00.